The van der Waals surface area contributed by atoms with Gasteiger partial charge in [0, 0.05) is 49.7 Å². The van der Waals surface area contributed by atoms with Crippen molar-refractivity contribution < 1.29 is 14.3 Å². The first kappa shape index (κ1) is 20.7. The molecule has 0 bridgehead atoms. The number of hydrogen-bond acceptors (Lipinski definition) is 5. The van der Waals surface area contributed by atoms with E-state index in [4.69, 9.17) is 9.47 Å². The Balaban J connectivity index is 1.33. The van der Waals surface area contributed by atoms with Crippen LogP contribution in [-0.4, -0.2) is 63.4 Å². The summed E-state index contributed by atoms with van der Waals surface area (Å²) in [7, 11) is 2.16. The fraction of sp³-hybridized carbons (Fsp3) is 0.458. The fourth-order valence-corrected chi connectivity index (χ4v) is 3.91. The molecule has 160 valence electrons. The van der Waals surface area contributed by atoms with Crippen molar-refractivity contribution >= 4 is 17.3 Å². The highest BCUT2D eigenvalue weighted by molar-refractivity contribution is 6.04. The number of anilines is 2. The lowest BCUT2D eigenvalue weighted by Gasteiger charge is -2.34. The van der Waals surface area contributed by atoms with E-state index < -0.39 is 0 Å². The van der Waals surface area contributed by atoms with Crippen molar-refractivity contribution in [2.75, 3.05) is 56.7 Å². The summed E-state index contributed by atoms with van der Waals surface area (Å²) in [6, 6.07) is 13.5. The molecule has 1 amide bonds. The molecule has 1 N–H and O–H groups in total. The van der Waals surface area contributed by atoms with Crippen molar-refractivity contribution in [3.63, 3.8) is 0 Å². The quantitative estimate of drug-likeness (QED) is 0.791. The van der Waals surface area contributed by atoms with Crippen molar-refractivity contribution in [3.8, 4) is 5.75 Å². The molecule has 1 atom stereocenters. The predicted octanol–water partition coefficient (Wildman–Crippen LogP) is 3.56. The lowest BCUT2D eigenvalue weighted by molar-refractivity contribution is 0.0679. The second kappa shape index (κ2) is 9.49. The molecule has 1 unspecified atom stereocenters. The zero-order valence-electron chi connectivity index (χ0n) is 17.9. The first-order valence-electron chi connectivity index (χ1n) is 10.8. The molecule has 2 aromatic carbocycles. The van der Waals surface area contributed by atoms with Crippen LogP contribution in [0.5, 0.6) is 5.75 Å². The summed E-state index contributed by atoms with van der Waals surface area (Å²) in [6.07, 6.45) is 2.33. The maximum absolute atomic E-state index is 12.7. The van der Waals surface area contributed by atoms with Crippen LogP contribution in [0.1, 0.15) is 28.8 Å². The third-order valence-corrected chi connectivity index (χ3v) is 5.90. The summed E-state index contributed by atoms with van der Waals surface area (Å²) in [6.45, 7) is 7.63. The van der Waals surface area contributed by atoms with Crippen LogP contribution in [0.25, 0.3) is 0 Å². The van der Waals surface area contributed by atoms with Gasteiger partial charge in [-0.25, -0.2) is 0 Å². The van der Waals surface area contributed by atoms with Crippen LogP contribution in [0.15, 0.2) is 42.5 Å². The van der Waals surface area contributed by atoms with Crippen LogP contribution < -0.4 is 15.0 Å². The minimum atomic E-state index is -0.115. The Labute approximate surface area is 178 Å². The number of amides is 1. The Hall–Kier alpha value is -2.57. The van der Waals surface area contributed by atoms with E-state index in [1.165, 1.54) is 5.69 Å². The minimum absolute atomic E-state index is 0.115. The van der Waals surface area contributed by atoms with Gasteiger partial charge in [-0.15, -0.1) is 0 Å². The highest BCUT2D eigenvalue weighted by atomic mass is 16.5. The molecule has 2 aliphatic rings. The number of hydrogen-bond donors (Lipinski definition) is 1. The number of ether oxygens (including phenoxy) is 2. The van der Waals surface area contributed by atoms with Gasteiger partial charge in [0.2, 0.25) is 0 Å². The summed E-state index contributed by atoms with van der Waals surface area (Å²) >= 11 is 0. The predicted molar refractivity (Wildman–Crippen MR) is 120 cm³/mol. The van der Waals surface area contributed by atoms with E-state index in [0.29, 0.717) is 12.2 Å². The summed E-state index contributed by atoms with van der Waals surface area (Å²) in [5, 5.41) is 3.03. The number of carbonyl (C=O) groups is 1. The van der Waals surface area contributed by atoms with Gasteiger partial charge in [0.15, 0.2) is 0 Å². The molecule has 4 rings (SSSR count). The average molecular weight is 410 g/mol. The molecule has 0 spiro atoms. The SMILES string of the molecule is Cc1cc(N2CCN(C)CC2)ccc1NC(=O)c1ccc(OCC2CCCO2)cc1. The zero-order valence-corrected chi connectivity index (χ0v) is 17.9. The molecule has 2 aromatic rings. The Kier molecular flexibility index (Phi) is 6.55. The van der Waals surface area contributed by atoms with Gasteiger partial charge in [0.25, 0.3) is 5.91 Å². The number of likely N-dealkylation sites (N-methyl/N-ethyl adjacent to an activating group) is 1. The number of piperazine rings is 1. The van der Waals surface area contributed by atoms with Crippen molar-refractivity contribution in [2.45, 2.75) is 25.9 Å². The number of nitrogens with one attached hydrogen (secondary N) is 1. The molecular weight excluding hydrogens is 378 g/mol. The Morgan fingerprint density at radius 3 is 2.57 bits per heavy atom. The number of benzene rings is 2. The van der Waals surface area contributed by atoms with Gasteiger partial charge in [0.05, 0.1) is 6.10 Å². The molecular formula is C24H31N3O3. The van der Waals surface area contributed by atoms with Gasteiger partial charge < -0.3 is 24.6 Å². The number of nitrogens with zero attached hydrogens (tertiary/aromatic N) is 2. The summed E-state index contributed by atoms with van der Waals surface area (Å²) in [5.41, 5.74) is 3.74. The van der Waals surface area contributed by atoms with E-state index >= 15 is 0 Å². The summed E-state index contributed by atoms with van der Waals surface area (Å²) in [4.78, 5) is 17.4. The van der Waals surface area contributed by atoms with Gasteiger partial charge in [-0.05, 0) is 74.8 Å². The molecule has 0 aromatic heterocycles. The lowest BCUT2D eigenvalue weighted by Crippen LogP contribution is -2.44. The number of aryl methyl sites for hydroxylation is 1. The standard InChI is InChI=1S/C24H31N3O3/c1-18-16-20(27-13-11-26(2)12-14-27)7-10-23(18)25-24(28)19-5-8-21(9-6-19)30-17-22-4-3-15-29-22/h5-10,16,22H,3-4,11-15,17H2,1-2H3,(H,25,28). The number of carbonyl (C=O) groups excluding carboxylic acids is 1. The molecule has 0 radical (unpaired) electrons. The van der Waals surface area contributed by atoms with E-state index in [2.05, 4.69) is 34.3 Å². The highest BCUT2D eigenvalue weighted by Crippen LogP contribution is 2.24. The van der Waals surface area contributed by atoms with Crippen molar-refractivity contribution in [2.24, 2.45) is 0 Å². The maximum atomic E-state index is 12.7. The Bertz CT molecular complexity index is 854. The summed E-state index contributed by atoms with van der Waals surface area (Å²) in [5.74, 6) is 0.644. The molecule has 2 saturated heterocycles. The van der Waals surface area contributed by atoms with E-state index in [0.717, 1.165) is 62.6 Å². The van der Waals surface area contributed by atoms with E-state index in [1.807, 2.05) is 25.1 Å². The first-order valence-corrected chi connectivity index (χ1v) is 10.8. The molecule has 6 nitrogen and oxygen atoms in total. The Morgan fingerprint density at radius 2 is 1.90 bits per heavy atom. The molecule has 0 saturated carbocycles. The first-order chi connectivity index (χ1) is 14.6. The van der Waals surface area contributed by atoms with Gasteiger partial charge in [-0.3, -0.25) is 4.79 Å². The smallest absolute Gasteiger partial charge is 0.255 e. The van der Waals surface area contributed by atoms with Gasteiger partial charge >= 0.3 is 0 Å². The van der Waals surface area contributed by atoms with Crippen LogP contribution in [0.3, 0.4) is 0 Å². The summed E-state index contributed by atoms with van der Waals surface area (Å²) < 4.78 is 11.3. The average Bonchev–Trinajstić information content (AvgIpc) is 3.28. The third kappa shape index (κ3) is 5.12. The van der Waals surface area contributed by atoms with Crippen LogP contribution in [0.2, 0.25) is 0 Å². The molecule has 2 fully saturated rings. The van der Waals surface area contributed by atoms with Gasteiger partial charge in [0.1, 0.15) is 12.4 Å². The van der Waals surface area contributed by atoms with Crippen molar-refractivity contribution in [1.29, 1.82) is 0 Å². The minimum Gasteiger partial charge on any atom is -0.491 e. The largest absolute Gasteiger partial charge is 0.491 e. The normalized spacial score (nSPS) is 19.7. The van der Waals surface area contributed by atoms with Crippen LogP contribution >= 0.6 is 0 Å². The van der Waals surface area contributed by atoms with Crippen LogP contribution in [-0.2, 0) is 4.74 Å². The number of rotatable bonds is 6. The highest BCUT2D eigenvalue weighted by Gasteiger charge is 2.17. The molecule has 2 aliphatic heterocycles. The van der Waals surface area contributed by atoms with E-state index in [-0.39, 0.29) is 12.0 Å². The third-order valence-electron chi connectivity index (χ3n) is 5.90. The topological polar surface area (TPSA) is 54.0 Å². The lowest BCUT2D eigenvalue weighted by atomic mass is 10.1. The van der Waals surface area contributed by atoms with E-state index in [1.54, 1.807) is 12.1 Å². The van der Waals surface area contributed by atoms with E-state index in [9.17, 15) is 4.79 Å². The van der Waals surface area contributed by atoms with Crippen LogP contribution in [0, 0.1) is 6.92 Å². The van der Waals surface area contributed by atoms with Gasteiger partial charge in [-0.1, -0.05) is 0 Å². The second-order valence-corrected chi connectivity index (χ2v) is 8.21. The fourth-order valence-electron chi connectivity index (χ4n) is 3.91. The van der Waals surface area contributed by atoms with Crippen LogP contribution in [0.4, 0.5) is 11.4 Å². The van der Waals surface area contributed by atoms with Crippen molar-refractivity contribution in [3.05, 3.63) is 53.6 Å². The molecule has 30 heavy (non-hydrogen) atoms. The molecule has 2 heterocycles. The molecule has 6 heteroatoms. The van der Waals surface area contributed by atoms with Gasteiger partial charge in [-0.2, -0.15) is 0 Å². The van der Waals surface area contributed by atoms with Crippen molar-refractivity contribution in [1.82, 2.24) is 4.90 Å². The zero-order chi connectivity index (χ0) is 20.9. The molecule has 0 aliphatic carbocycles. The second-order valence-electron chi connectivity index (χ2n) is 8.21. The monoisotopic (exact) mass is 409 g/mol. The Morgan fingerprint density at radius 1 is 1.13 bits per heavy atom. The maximum Gasteiger partial charge on any atom is 0.255 e.